The van der Waals surface area contributed by atoms with Crippen LogP contribution in [0, 0.1) is 0 Å². The van der Waals surface area contributed by atoms with Crippen LogP contribution in [0.1, 0.15) is 0 Å². The molecule has 0 atom stereocenters. The van der Waals surface area contributed by atoms with Crippen molar-refractivity contribution in [2.75, 3.05) is 0 Å². The Bertz CT molecular complexity index is 3230. The van der Waals surface area contributed by atoms with Crippen LogP contribution < -0.4 is 0 Å². The van der Waals surface area contributed by atoms with Crippen molar-refractivity contribution in [2.24, 2.45) is 0 Å². The SMILES string of the molecule is c1ccc(-c2nc(-c3ccccc3)nc(-c3cccc(-c4cccc(-c5cc6c7cccc(-c8cccc9ccccc89)c7oc6c6ccccc56)c4)c3)n2)cc1. The zero-order chi connectivity index (χ0) is 37.7. The molecule has 9 aromatic carbocycles. The van der Waals surface area contributed by atoms with Gasteiger partial charge in [0.05, 0.1) is 0 Å². The summed E-state index contributed by atoms with van der Waals surface area (Å²) in [6, 6.07) is 69.9. The number of aromatic nitrogens is 3. The molecule has 57 heavy (non-hydrogen) atoms. The van der Waals surface area contributed by atoms with Gasteiger partial charge < -0.3 is 4.42 Å². The smallest absolute Gasteiger partial charge is 0.164 e. The Balaban J connectivity index is 1.04. The Kier molecular flexibility index (Phi) is 7.78. The average molecular weight is 728 g/mol. The predicted octanol–water partition coefficient (Wildman–Crippen LogP) is 14.1. The minimum Gasteiger partial charge on any atom is -0.455 e. The van der Waals surface area contributed by atoms with Crippen molar-refractivity contribution in [1.82, 2.24) is 15.0 Å². The van der Waals surface area contributed by atoms with Crippen LogP contribution in [0.5, 0.6) is 0 Å². The summed E-state index contributed by atoms with van der Waals surface area (Å²) >= 11 is 0. The second-order valence-electron chi connectivity index (χ2n) is 14.4. The van der Waals surface area contributed by atoms with Gasteiger partial charge in [0.2, 0.25) is 0 Å². The van der Waals surface area contributed by atoms with Gasteiger partial charge in [-0.3, -0.25) is 0 Å². The Morgan fingerprint density at radius 1 is 0.263 bits per heavy atom. The molecule has 0 N–H and O–H groups in total. The second-order valence-corrected chi connectivity index (χ2v) is 14.4. The molecule has 0 aliphatic carbocycles. The number of benzene rings is 9. The number of hydrogen-bond donors (Lipinski definition) is 0. The van der Waals surface area contributed by atoms with Crippen LogP contribution in [0.15, 0.2) is 205 Å². The van der Waals surface area contributed by atoms with E-state index < -0.39 is 0 Å². The van der Waals surface area contributed by atoms with E-state index in [9.17, 15) is 0 Å². The quantitative estimate of drug-likeness (QED) is 0.171. The molecular formula is C53H33N3O. The van der Waals surface area contributed by atoms with E-state index >= 15 is 0 Å². The molecule has 11 aromatic rings. The third kappa shape index (κ3) is 5.74. The highest BCUT2D eigenvalue weighted by Gasteiger charge is 2.19. The van der Waals surface area contributed by atoms with Gasteiger partial charge in [0.15, 0.2) is 17.5 Å². The largest absolute Gasteiger partial charge is 0.455 e. The van der Waals surface area contributed by atoms with Crippen molar-refractivity contribution < 1.29 is 4.42 Å². The van der Waals surface area contributed by atoms with Gasteiger partial charge in [0, 0.05) is 38.4 Å². The summed E-state index contributed by atoms with van der Waals surface area (Å²) in [5.74, 6) is 1.92. The highest BCUT2D eigenvalue weighted by Crippen LogP contribution is 2.44. The molecule has 0 aliphatic rings. The van der Waals surface area contributed by atoms with E-state index in [-0.39, 0.29) is 0 Å². The number of furan rings is 1. The first-order valence-electron chi connectivity index (χ1n) is 19.2. The number of hydrogen-bond acceptors (Lipinski definition) is 4. The lowest BCUT2D eigenvalue weighted by atomic mass is 9.92. The monoisotopic (exact) mass is 727 g/mol. The molecule has 4 nitrogen and oxygen atoms in total. The normalized spacial score (nSPS) is 11.5. The molecule has 11 rings (SSSR count). The first-order valence-corrected chi connectivity index (χ1v) is 19.2. The number of fused-ring (bicyclic) bond motifs is 6. The summed E-state index contributed by atoms with van der Waals surface area (Å²) in [4.78, 5) is 14.9. The lowest BCUT2D eigenvalue weighted by Crippen LogP contribution is -2.00. The van der Waals surface area contributed by atoms with E-state index in [1.54, 1.807) is 0 Å². The molecule has 0 amide bonds. The maximum atomic E-state index is 6.90. The minimum atomic E-state index is 0.631. The summed E-state index contributed by atoms with van der Waals surface area (Å²) in [6.45, 7) is 0. The van der Waals surface area contributed by atoms with Crippen LogP contribution in [-0.4, -0.2) is 15.0 Å². The van der Waals surface area contributed by atoms with Gasteiger partial charge in [-0.15, -0.1) is 0 Å². The van der Waals surface area contributed by atoms with Gasteiger partial charge in [0.1, 0.15) is 11.2 Å². The van der Waals surface area contributed by atoms with Crippen LogP contribution in [0.4, 0.5) is 0 Å². The molecule has 0 fully saturated rings. The van der Waals surface area contributed by atoms with Gasteiger partial charge in [-0.05, 0) is 62.2 Å². The molecule has 0 radical (unpaired) electrons. The number of para-hydroxylation sites is 1. The molecular weight excluding hydrogens is 695 g/mol. The first kappa shape index (κ1) is 32.7. The third-order valence-corrected chi connectivity index (χ3v) is 10.9. The first-order chi connectivity index (χ1) is 28.2. The molecule has 4 heteroatoms. The molecule has 0 saturated heterocycles. The Hall–Kier alpha value is -7.69. The summed E-state index contributed by atoms with van der Waals surface area (Å²) < 4.78 is 6.90. The summed E-state index contributed by atoms with van der Waals surface area (Å²) in [7, 11) is 0. The van der Waals surface area contributed by atoms with Crippen LogP contribution in [0.3, 0.4) is 0 Å². The van der Waals surface area contributed by atoms with E-state index in [1.807, 2.05) is 60.7 Å². The Morgan fingerprint density at radius 3 is 1.44 bits per heavy atom. The fourth-order valence-electron chi connectivity index (χ4n) is 8.17. The topological polar surface area (TPSA) is 51.8 Å². The Morgan fingerprint density at radius 2 is 0.719 bits per heavy atom. The second kappa shape index (κ2) is 13.6. The van der Waals surface area contributed by atoms with Crippen LogP contribution in [-0.2, 0) is 0 Å². The maximum Gasteiger partial charge on any atom is 0.164 e. The molecule has 2 aromatic heterocycles. The van der Waals surface area contributed by atoms with E-state index in [0.29, 0.717) is 17.5 Å². The van der Waals surface area contributed by atoms with Crippen LogP contribution >= 0.6 is 0 Å². The van der Waals surface area contributed by atoms with Crippen molar-refractivity contribution in [3.63, 3.8) is 0 Å². The van der Waals surface area contributed by atoms with Crippen molar-refractivity contribution in [3.05, 3.63) is 200 Å². The molecule has 0 unspecified atom stereocenters. The molecule has 0 aliphatic heterocycles. The van der Waals surface area contributed by atoms with Crippen LogP contribution in [0.2, 0.25) is 0 Å². The zero-order valence-corrected chi connectivity index (χ0v) is 30.8. The van der Waals surface area contributed by atoms with E-state index in [0.717, 1.165) is 77.2 Å². The molecule has 0 spiro atoms. The average Bonchev–Trinajstić information content (AvgIpc) is 3.68. The van der Waals surface area contributed by atoms with E-state index in [2.05, 4.69) is 140 Å². The molecule has 0 saturated carbocycles. The maximum absolute atomic E-state index is 6.90. The standard InChI is InChI=1S/C53H33N3O/c1-3-16-35(17-4-1)51-54-52(36-18-5-2-6-19-36)56-53(55-51)40-24-12-22-38(32-40)37-21-11-23-39(31-37)47-33-48-46-30-14-29-45(42-28-13-20-34-15-7-8-25-41(34)42)49(46)57-50(48)44-27-10-9-26-43(44)47/h1-33H. The van der Waals surface area contributed by atoms with Crippen molar-refractivity contribution in [3.8, 4) is 67.5 Å². The van der Waals surface area contributed by atoms with Gasteiger partial charge in [-0.2, -0.15) is 0 Å². The number of rotatable bonds is 6. The summed E-state index contributed by atoms with van der Waals surface area (Å²) in [5, 5.41) is 6.87. The molecule has 0 bridgehead atoms. The van der Waals surface area contributed by atoms with Gasteiger partial charge in [-0.1, -0.05) is 182 Å². The van der Waals surface area contributed by atoms with Crippen molar-refractivity contribution >= 4 is 43.5 Å². The molecule has 2 heterocycles. The fourth-order valence-corrected chi connectivity index (χ4v) is 8.17. The highest BCUT2D eigenvalue weighted by molar-refractivity contribution is 6.21. The van der Waals surface area contributed by atoms with Crippen LogP contribution in [0.25, 0.3) is 111 Å². The van der Waals surface area contributed by atoms with Crippen molar-refractivity contribution in [1.29, 1.82) is 0 Å². The number of nitrogens with zero attached hydrogens (tertiary/aromatic N) is 3. The molecule has 266 valence electrons. The predicted molar refractivity (Wildman–Crippen MR) is 235 cm³/mol. The van der Waals surface area contributed by atoms with Gasteiger partial charge >= 0.3 is 0 Å². The summed E-state index contributed by atoms with van der Waals surface area (Å²) in [6.07, 6.45) is 0. The third-order valence-electron chi connectivity index (χ3n) is 10.9. The summed E-state index contributed by atoms with van der Waals surface area (Å²) in [5.41, 5.74) is 11.4. The zero-order valence-electron chi connectivity index (χ0n) is 30.8. The van der Waals surface area contributed by atoms with Crippen molar-refractivity contribution in [2.45, 2.75) is 0 Å². The van der Waals surface area contributed by atoms with Gasteiger partial charge in [-0.25, -0.2) is 15.0 Å². The van der Waals surface area contributed by atoms with E-state index in [4.69, 9.17) is 19.4 Å². The van der Waals surface area contributed by atoms with Gasteiger partial charge in [0.25, 0.3) is 0 Å². The van der Waals surface area contributed by atoms with E-state index in [1.165, 1.54) is 16.3 Å². The lowest BCUT2D eigenvalue weighted by Gasteiger charge is -2.12. The lowest BCUT2D eigenvalue weighted by molar-refractivity contribution is 0.674. The Labute approximate surface area is 329 Å². The fraction of sp³-hybridized carbons (Fsp3) is 0. The minimum absolute atomic E-state index is 0.631. The highest BCUT2D eigenvalue weighted by atomic mass is 16.3.